The van der Waals surface area contributed by atoms with Gasteiger partial charge in [0.15, 0.2) is 11.5 Å². The number of nitrogens with zero attached hydrogens (tertiary/aromatic N) is 5. The van der Waals surface area contributed by atoms with E-state index in [4.69, 9.17) is 12.2 Å². The molecule has 4 aromatic rings. The summed E-state index contributed by atoms with van der Waals surface area (Å²) >= 11 is 0. The van der Waals surface area contributed by atoms with Crippen LogP contribution in [0.1, 0.15) is 28.4 Å². The molecule has 0 spiro atoms. The van der Waals surface area contributed by atoms with Crippen LogP contribution in [0.15, 0.2) is 59.7 Å². The number of imidazole rings is 1. The number of carbonyl (C=O) groups excluding carboxylic acids is 2. The highest BCUT2D eigenvalue weighted by Gasteiger charge is 2.31. The average Bonchev–Trinajstić information content (AvgIpc) is 3.47. The Bertz CT molecular complexity index is 1580. The Morgan fingerprint density at radius 1 is 1.11 bits per heavy atom. The first-order valence-electron chi connectivity index (χ1n) is 11.3. The highest BCUT2D eigenvalue weighted by molar-refractivity contribution is 6.04. The molecule has 5 rings (SSSR count). The summed E-state index contributed by atoms with van der Waals surface area (Å²) < 4.78 is 2.99. The zero-order valence-electron chi connectivity index (χ0n) is 19.5. The molecule has 1 aliphatic heterocycles. The third-order valence-electron chi connectivity index (χ3n) is 6.32. The van der Waals surface area contributed by atoms with Gasteiger partial charge in [0.2, 0.25) is 0 Å². The van der Waals surface area contributed by atoms with Gasteiger partial charge in [0.25, 0.3) is 11.8 Å². The molecular formula is C26H23N7O3. The van der Waals surface area contributed by atoms with Crippen LogP contribution < -0.4 is 16.7 Å². The minimum Gasteiger partial charge on any atom is -0.382 e. The van der Waals surface area contributed by atoms with E-state index in [-0.39, 0.29) is 23.5 Å². The SMILES string of the molecule is C#CC(=O)N1CC[C@@H](n2c(=O)n(-c3ccc(NC(=O)c4ccc(C)cc4)cc3)c3c(N)ncnc32)C1. The first-order valence-corrected chi connectivity index (χ1v) is 11.3. The second-order valence-electron chi connectivity index (χ2n) is 8.62. The Morgan fingerprint density at radius 2 is 1.83 bits per heavy atom. The molecular weight excluding hydrogens is 458 g/mol. The number of nitrogens with one attached hydrogen (secondary N) is 1. The highest BCUT2D eigenvalue weighted by atomic mass is 16.2. The van der Waals surface area contributed by atoms with Crippen LogP contribution in [0.3, 0.4) is 0 Å². The van der Waals surface area contributed by atoms with E-state index in [1.54, 1.807) is 41.0 Å². The lowest BCUT2D eigenvalue weighted by Crippen LogP contribution is -2.31. The summed E-state index contributed by atoms with van der Waals surface area (Å²) in [4.78, 5) is 48.1. The van der Waals surface area contributed by atoms with Crippen LogP contribution in [0, 0.1) is 19.3 Å². The second kappa shape index (κ2) is 9.03. The van der Waals surface area contributed by atoms with Gasteiger partial charge in [0, 0.05) is 24.3 Å². The molecule has 0 radical (unpaired) electrons. The van der Waals surface area contributed by atoms with Crippen LogP contribution in [0.2, 0.25) is 0 Å². The molecule has 0 unspecified atom stereocenters. The molecule has 0 aliphatic carbocycles. The lowest BCUT2D eigenvalue weighted by molar-refractivity contribution is -0.124. The van der Waals surface area contributed by atoms with E-state index < -0.39 is 5.91 Å². The number of aryl methyl sites for hydroxylation is 1. The molecule has 3 heterocycles. The number of aromatic nitrogens is 4. The van der Waals surface area contributed by atoms with Gasteiger partial charge in [-0.1, -0.05) is 17.7 Å². The van der Waals surface area contributed by atoms with Crippen LogP contribution >= 0.6 is 0 Å². The summed E-state index contributed by atoms with van der Waals surface area (Å²) in [6.07, 6.45) is 7.12. The fourth-order valence-electron chi connectivity index (χ4n) is 4.47. The lowest BCUT2D eigenvalue weighted by Gasteiger charge is -2.14. The average molecular weight is 482 g/mol. The molecule has 1 aliphatic rings. The molecule has 0 bridgehead atoms. The summed E-state index contributed by atoms with van der Waals surface area (Å²) in [6.45, 7) is 2.70. The number of nitrogens with two attached hydrogens (primary N) is 1. The molecule has 3 N–H and O–H groups in total. The zero-order chi connectivity index (χ0) is 25.4. The lowest BCUT2D eigenvalue weighted by atomic mass is 10.1. The third kappa shape index (κ3) is 3.96. The van der Waals surface area contributed by atoms with Crippen molar-refractivity contribution in [1.29, 1.82) is 0 Å². The quantitative estimate of drug-likeness (QED) is 0.430. The summed E-state index contributed by atoms with van der Waals surface area (Å²) in [7, 11) is 0. The Balaban J connectivity index is 1.49. The molecule has 2 aromatic heterocycles. The molecule has 0 saturated carbocycles. The van der Waals surface area contributed by atoms with Gasteiger partial charge in [-0.2, -0.15) is 0 Å². The topological polar surface area (TPSA) is 128 Å². The fourth-order valence-corrected chi connectivity index (χ4v) is 4.47. The summed E-state index contributed by atoms with van der Waals surface area (Å²) in [6, 6.07) is 13.8. The number of rotatable bonds is 4. The molecule has 2 amide bonds. The molecule has 2 aromatic carbocycles. The van der Waals surface area contributed by atoms with Gasteiger partial charge in [-0.15, -0.1) is 6.42 Å². The highest BCUT2D eigenvalue weighted by Crippen LogP contribution is 2.27. The minimum absolute atomic E-state index is 0.155. The first kappa shape index (κ1) is 22.9. The smallest absolute Gasteiger partial charge is 0.335 e. The van der Waals surface area contributed by atoms with Crippen molar-refractivity contribution in [1.82, 2.24) is 24.0 Å². The Hall–Kier alpha value is -4.91. The first-order chi connectivity index (χ1) is 17.4. The number of amides is 2. The van der Waals surface area contributed by atoms with Crippen molar-refractivity contribution in [3.05, 3.63) is 76.5 Å². The maximum Gasteiger partial charge on any atom is 0.335 e. The minimum atomic E-state index is -0.410. The van der Waals surface area contributed by atoms with Crippen LogP contribution in [0.5, 0.6) is 0 Å². The number of likely N-dealkylation sites (tertiary alicyclic amines) is 1. The predicted molar refractivity (Wildman–Crippen MR) is 136 cm³/mol. The summed E-state index contributed by atoms with van der Waals surface area (Å²) in [5.41, 5.74) is 9.29. The number of fused-ring (bicyclic) bond motifs is 1. The van der Waals surface area contributed by atoms with Gasteiger partial charge >= 0.3 is 5.69 Å². The maximum atomic E-state index is 13.6. The van der Waals surface area contributed by atoms with E-state index in [1.165, 1.54) is 15.8 Å². The van der Waals surface area contributed by atoms with Crippen molar-refractivity contribution >= 4 is 34.5 Å². The molecule has 36 heavy (non-hydrogen) atoms. The van der Waals surface area contributed by atoms with E-state index in [2.05, 4.69) is 21.2 Å². The van der Waals surface area contributed by atoms with Gasteiger partial charge in [-0.05, 0) is 55.7 Å². The van der Waals surface area contributed by atoms with E-state index >= 15 is 0 Å². The van der Waals surface area contributed by atoms with E-state index in [0.29, 0.717) is 47.6 Å². The third-order valence-corrected chi connectivity index (χ3v) is 6.32. The van der Waals surface area contributed by atoms with Gasteiger partial charge in [0.1, 0.15) is 11.8 Å². The number of anilines is 2. The number of hydrogen-bond donors (Lipinski definition) is 2. The number of hydrogen-bond acceptors (Lipinski definition) is 6. The van der Waals surface area contributed by atoms with Crippen LogP contribution in [0.4, 0.5) is 11.5 Å². The van der Waals surface area contributed by atoms with Crippen molar-refractivity contribution in [2.75, 3.05) is 24.1 Å². The molecule has 10 nitrogen and oxygen atoms in total. The van der Waals surface area contributed by atoms with Crippen molar-refractivity contribution in [2.45, 2.75) is 19.4 Å². The molecule has 1 atom stereocenters. The van der Waals surface area contributed by atoms with Crippen molar-refractivity contribution < 1.29 is 9.59 Å². The molecule has 180 valence electrons. The maximum absolute atomic E-state index is 13.6. The van der Waals surface area contributed by atoms with Crippen molar-refractivity contribution in [3.63, 3.8) is 0 Å². The van der Waals surface area contributed by atoms with Crippen molar-refractivity contribution in [2.24, 2.45) is 0 Å². The Morgan fingerprint density at radius 3 is 2.53 bits per heavy atom. The summed E-state index contributed by atoms with van der Waals surface area (Å²) in [5.74, 6) is 1.63. The second-order valence-corrected chi connectivity index (χ2v) is 8.62. The van der Waals surface area contributed by atoms with E-state index in [1.807, 2.05) is 19.1 Å². The summed E-state index contributed by atoms with van der Waals surface area (Å²) in [5, 5.41) is 2.86. The normalized spacial score (nSPS) is 15.1. The predicted octanol–water partition coefficient (Wildman–Crippen LogP) is 2.13. The van der Waals surface area contributed by atoms with Gasteiger partial charge in [-0.3, -0.25) is 18.7 Å². The van der Waals surface area contributed by atoms with Crippen LogP contribution in [0.25, 0.3) is 16.9 Å². The number of terminal acetylenes is 1. The van der Waals surface area contributed by atoms with Crippen LogP contribution in [-0.4, -0.2) is 48.9 Å². The van der Waals surface area contributed by atoms with Gasteiger partial charge in [0.05, 0.1) is 11.7 Å². The van der Waals surface area contributed by atoms with E-state index in [9.17, 15) is 14.4 Å². The number of nitrogen functional groups attached to an aromatic ring is 1. The molecule has 1 fully saturated rings. The number of benzene rings is 2. The van der Waals surface area contributed by atoms with Gasteiger partial charge in [-0.25, -0.2) is 14.8 Å². The van der Waals surface area contributed by atoms with Crippen molar-refractivity contribution in [3.8, 4) is 18.0 Å². The van der Waals surface area contributed by atoms with Gasteiger partial charge < -0.3 is 16.0 Å². The molecule has 1 saturated heterocycles. The Labute approximate surface area is 206 Å². The largest absolute Gasteiger partial charge is 0.382 e. The zero-order valence-corrected chi connectivity index (χ0v) is 19.5. The van der Waals surface area contributed by atoms with Crippen LogP contribution in [-0.2, 0) is 4.79 Å². The fraction of sp³-hybridized carbons (Fsp3) is 0.192. The number of carbonyl (C=O) groups is 2. The standard InChI is InChI=1S/C26H23N7O3/c1-3-21(34)31-13-12-20(14-31)33-24-22(23(27)28-15-29-24)32(26(33)36)19-10-8-18(9-11-19)30-25(35)17-6-4-16(2)5-7-17/h1,4-11,15,20H,12-14H2,2H3,(H,30,35)(H2,27,28,29)/t20-/m1/s1. The monoisotopic (exact) mass is 481 g/mol. The molecule has 10 heteroatoms. The Kier molecular flexibility index (Phi) is 5.74. The van der Waals surface area contributed by atoms with E-state index in [0.717, 1.165) is 5.56 Å².